The Balaban J connectivity index is 1.98. The maximum atomic E-state index is 14.3. The van der Waals surface area contributed by atoms with Crippen molar-refractivity contribution in [3.63, 3.8) is 0 Å². The predicted molar refractivity (Wildman–Crippen MR) is 91.6 cm³/mol. The van der Waals surface area contributed by atoms with Crippen LogP contribution in [0.1, 0.15) is 11.8 Å². The molecule has 0 fully saturated rings. The second-order valence-corrected chi connectivity index (χ2v) is 5.76. The van der Waals surface area contributed by atoms with Crippen LogP contribution in [0.15, 0.2) is 54.7 Å². The second-order valence-electron chi connectivity index (χ2n) is 5.41. The lowest BCUT2D eigenvalue weighted by Gasteiger charge is -2.15. The first kappa shape index (κ1) is 15.1. The van der Waals surface area contributed by atoms with Gasteiger partial charge in [0, 0.05) is 29.6 Å². The van der Waals surface area contributed by atoms with Crippen molar-refractivity contribution in [2.45, 2.75) is 6.23 Å². The van der Waals surface area contributed by atoms with Gasteiger partial charge in [0.15, 0.2) is 11.4 Å². The zero-order chi connectivity index (χ0) is 16.7. The van der Waals surface area contributed by atoms with Gasteiger partial charge in [-0.1, -0.05) is 48.0 Å². The van der Waals surface area contributed by atoms with Crippen LogP contribution in [-0.4, -0.2) is 21.9 Å². The number of pyridine rings is 1. The van der Waals surface area contributed by atoms with E-state index in [1.807, 2.05) is 30.3 Å². The lowest BCUT2D eigenvalue weighted by atomic mass is 10.1. The fraction of sp³-hybridized carbons (Fsp3) is 0.111. The molecule has 1 atom stereocenters. The van der Waals surface area contributed by atoms with E-state index in [1.165, 1.54) is 6.07 Å². The van der Waals surface area contributed by atoms with Crippen molar-refractivity contribution >= 4 is 33.4 Å². The molecule has 0 amide bonds. The van der Waals surface area contributed by atoms with Crippen LogP contribution >= 0.6 is 11.6 Å². The van der Waals surface area contributed by atoms with Crippen LogP contribution in [0.5, 0.6) is 0 Å². The molecule has 0 bridgehead atoms. The first-order valence-corrected chi connectivity index (χ1v) is 7.77. The number of ether oxygens (including phenoxy) is 1. The van der Waals surface area contributed by atoms with E-state index in [-0.39, 0.29) is 11.0 Å². The van der Waals surface area contributed by atoms with E-state index < -0.39 is 6.23 Å². The van der Waals surface area contributed by atoms with Gasteiger partial charge >= 0.3 is 0 Å². The standard InChI is InChI=1S/C18H13ClFN3O/c1-24-18(11-6-3-2-4-7-11)23-10-12-15-13(20)8-5-9-14(15)21-17(19)16(12)22-23/h2-10,18H,1H3. The minimum atomic E-state index is -0.434. The van der Waals surface area contributed by atoms with Gasteiger partial charge in [-0.05, 0) is 12.1 Å². The number of aromatic nitrogens is 3. The molecule has 0 saturated heterocycles. The Morgan fingerprint density at radius 2 is 1.92 bits per heavy atom. The van der Waals surface area contributed by atoms with Crippen LogP contribution < -0.4 is 0 Å². The monoisotopic (exact) mass is 341 g/mol. The van der Waals surface area contributed by atoms with Crippen molar-refractivity contribution in [1.82, 2.24) is 14.8 Å². The normalized spacial score (nSPS) is 12.8. The van der Waals surface area contributed by atoms with E-state index in [0.29, 0.717) is 21.8 Å². The largest absolute Gasteiger partial charge is 0.355 e. The van der Waals surface area contributed by atoms with Crippen molar-refractivity contribution in [2.24, 2.45) is 0 Å². The van der Waals surface area contributed by atoms with E-state index in [9.17, 15) is 4.39 Å². The van der Waals surface area contributed by atoms with E-state index >= 15 is 0 Å². The van der Waals surface area contributed by atoms with Gasteiger partial charge in [-0.25, -0.2) is 14.1 Å². The van der Waals surface area contributed by atoms with Gasteiger partial charge in [0.25, 0.3) is 0 Å². The third kappa shape index (κ3) is 2.33. The summed E-state index contributed by atoms with van der Waals surface area (Å²) in [5.74, 6) is -0.352. The Labute approximate surface area is 142 Å². The summed E-state index contributed by atoms with van der Waals surface area (Å²) in [6.07, 6.45) is 1.31. The van der Waals surface area contributed by atoms with Gasteiger partial charge in [-0.2, -0.15) is 5.10 Å². The summed E-state index contributed by atoms with van der Waals surface area (Å²) in [4.78, 5) is 4.24. The number of rotatable bonds is 3. The van der Waals surface area contributed by atoms with Crippen molar-refractivity contribution in [3.8, 4) is 0 Å². The van der Waals surface area contributed by atoms with Crippen LogP contribution in [-0.2, 0) is 4.74 Å². The van der Waals surface area contributed by atoms with Gasteiger partial charge in [-0.15, -0.1) is 0 Å². The maximum absolute atomic E-state index is 14.3. The molecule has 120 valence electrons. The molecule has 0 N–H and O–H groups in total. The Kier molecular flexibility index (Phi) is 3.67. The second kappa shape index (κ2) is 5.85. The predicted octanol–water partition coefficient (Wildman–Crippen LogP) is 4.57. The zero-order valence-corrected chi connectivity index (χ0v) is 13.5. The molecule has 2 heterocycles. The Hall–Kier alpha value is -2.50. The topological polar surface area (TPSA) is 39.9 Å². The highest BCUT2D eigenvalue weighted by Crippen LogP contribution is 2.31. The third-order valence-electron chi connectivity index (χ3n) is 3.96. The molecule has 1 unspecified atom stereocenters. The van der Waals surface area contributed by atoms with Crippen LogP contribution in [0.4, 0.5) is 4.39 Å². The quantitative estimate of drug-likeness (QED) is 0.512. The number of hydrogen-bond acceptors (Lipinski definition) is 3. The average molecular weight is 342 g/mol. The Morgan fingerprint density at radius 1 is 1.12 bits per heavy atom. The summed E-state index contributed by atoms with van der Waals surface area (Å²) in [5.41, 5.74) is 1.88. The smallest absolute Gasteiger partial charge is 0.175 e. The number of hydrogen-bond donors (Lipinski definition) is 0. The molecular formula is C18H13ClFN3O. The first-order valence-electron chi connectivity index (χ1n) is 7.39. The molecule has 2 aromatic carbocycles. The van der Waals surface area contributed by atoms with Crippen LogP contribution in [0.3, 0.4) is 0 Å². The number of nitrogens with zero attached hydrogens (tertiary/aromatic N) is 3. The fourth-order valence-electron chi connectivity index (χ4n) is 2.89. The van der Waals surface area contributed by atoms with Gasteiger partial charge in [0.05, 0.1) is 5.52 Å². The number of methoxy groups -OCH3 is 1. The highest BCUT2D eigenvalue weighted by atomic mass is 35.5. The Morgan fingerprint density at radius 3 is 2.67 bits per heavy atom. The van der Waals surface area contributed by atoms with Crippen molar-refractivity contribution < 1.29 is 9.13 Å². The molecule has 4 rings (SSSR count). The minimum absolute atomic E-state index is 0.241. The van der Waals surface area contributed by atoms with E-state index in [1.54, 1.807) is 30.1 Å². The fourth-order valence-corrected chi connectivity index (χ4v) is 3.12. The summed E-state index contributed by atoms with van der Waals surface area (Å²) in [7, 11) is 1.60. The highest BCUT2D eigenvalue weighted by molar-refractivity contribution is 6.35. The summed E-state index contributed by atoms with van der Waals surface area (Å²) >= 11 is 6.25. The lowest BCUT2D eigenvalue weighted by molar-refractivity contribution is 0.0687. The summed E-state index contributed by atoms with van der Waals surface area (Å²) < 4.78 is 21.5. The number of fused-ring (bicyclic) bond motifs is 3. The molecule has 6 heteroatoms. The SMILES string of the molecule is COC(c1ccccc1)n1cc2c(n1)c(Cl)nc1cccc(F)c12. The molecule has 0 saturated carbocycles. The molecule has 0 aliphatic carbocycles. The summed E-state index contributed by atoms with van der Waals surface area (Å²) in [5, 5.41) is 5.74. The first-order chi connectivity index (χ1) is 11.7. The lowest BCUT2D eigenvalue weighted by Crippen LogP contribution is -2.13. The molecule has 4 nitrogen and oxygen atoms in total. The average Bonchev–Trinajstić information content (AvgIpc) is 3.02. The molecule has 4 aromatic rings. The van der Waals surface area contributed by atoms with Crippen molar-refractivity contribution in [3.05, 3.63) is 71.3 Å². The molecule has 0 radical (unpaired) electrons. The molecule has 0 spiro atoms. The van der Waals surface area contributed by atoms with E-state index in [0.717, 1.165) is 5.56 Å². The number of benzene rings is 2. The Bertz CT molecular complexity index is 1030. The van der Waals surface area contributed by atoms with Crippen LogP contribution in [0.25, 0.3) is 21.8 Å². The van der Waals surface area contributed by atoms with Gasteiger partial charge < -0.3 is 4.74 Å². The van der Waals surface area contributed by atoms with Crippen molar-refractivity contribution in [1.29, 1.82) is 0 Å². The maximum Gasteiger partial charge on any atom is 0.175 e. The number of halogens is 2. The third-order valence-corrected chi connectivity index (χ3v) is 4.22. The van der Waals surface area contributed by atoms with E-state index in [2.05, 4.69) is 10.1 Å². The molecule has 24 heavy (non-hydrogen) atoms. The summed E-state index contributed by atoms with van der Waals surface area (Å²) in [6.45, 7) is 0. The molecule has 2 aromatic heterocycles. The van der Waals surface area contributed by atoms with Crippen LogP contribution in [0.2, 0.25) is 5.15 Å². The minimum Gasteiger partial charge on any atom is -0.355 e. The summed E-state index contributed by atoms with van der Waals surface area (Å²) in [6, 6.07) is 14.4. The zero-order valence-electron chi connectivity index (χ0n) is 12.8. The van der Waals surface area contributed by atoms with Gasteiger partial charge in [-0.3, -0.25) is 0 Å². The molecule has 0 aliphatic rings. The molecular weight excluding hydrogens is 329 g/mol. The van der Waals surface area contributed by atoms with Crippen LogP contribution in [0, 0.1) is 5.82 Å². The van der Waals surface area contributed by atoms with E-state index in [4.69, 9.17) is 16.3 Å². The van der Waals surface area contributed by atoms with Gasteiger partial charge in [0.1, 0.15) is 11.3 Å². The highest BCUT2D eigenvalue weighted by Gasteiger charge is 2.19. The molecule has 0 aliphatic heterocycles. The van der Waals surface area contributed by atoms with Gasteiger partial charge in [0.2, 0.25) is 0 Å². The van der Waals surface area contributed by atoms with Crippen molar-refractivity contribution in [2.75, 3.05) is 7.11 Å².